The predicted octanol–water partition coefficient (Wildman–Crippen LogP) is 15.5. The zero-order chi connectivity index (χ0) is 61.5. The molecule has 2 heterocycles. The quantitative estimate of drug-likeness (QED) is 0.0209. The van der Waals surface area contributed by atoms with Crippen LogP contribution in [0.1, 0.15) is 83.2 Å². The van der Waals surface area contributed by atoms with E-state index in [0.717, 1.165) is 64.8 Å². The lowest BCUT2D eigenvalue weighted by Gasteiger charge is -2.28. The van der Waals surface area contributed by atoms with Gasteiger partial charge < -0.3 is 14.6 Å². The summed E-state index contributed by atoms with van der Waals surface area (Å²) in [5, 5.41) is 22.3. The second-order valence-corrected chi connectivity index (χ2v) is 19.2. The fourth-order valence-electron chi connectivity index (χ4n) is 8.24. The molecule has 0 bridgehead atoms. The maximum absolute atomic E-state index is 11.7. The van der Waals surface area contributed by atoms with Crippen molar-refractivity contribution in [3.63, 3.8) is 0 Å². The fraction of sp³-hybridized carbons (Fsp3) is 0.159. The van der Waals surface area contributed by atoms with Crippen molar-refractivity contribution in [2.75, 3.05) is 9.80 Å². The minimum absolute atomic E-state index is 0. The van der Waals surface area contributed by atoms with Gasteiger partial charge in [-0.3, -0.25) is 14.4 Å². The van der Waals surface area contributed by atoms with Crippen LogP contribution in [0.2, 0.25) is 0 Å². The average molecular weight is 1160 g/mol. The summed E-state index contributed by atoms with van der Waals surface area (Å²) in [7, 11) is 0. The summed E-state index contributed by atoms with van der Waals surface area (Å²) < 4.78 is 3.60. The van der Waals surface area contributed by atoms with E-state index < -0.39 is 0 Å². The number of para-hydroxylation sites is 2. The van der Waals surface area contributed by atoms with Gasteiger partial charge in [-0.15, -0.1) is 23.0 Å². The van der Waals surface area contributed by atoms with Gasteiger partial charge in [0, 0.05) is 73.4 Å². The minimum Gasteiger partial charge on any atom is -0.311 e. The number of Topliss-reactive ketones (excluding diaryl/α,β-unsaturated/α-hetero) is 4. The van der Waals surface area contributed by atoms with E-state index in [1.165, 1.54) is 30.5 Å². The van der Waals surface area contributed by atoms with Crippen LogP contribution in [0.15, 0.2) is 241 Å². The minimum atomic E-state index is -0.357. The number of aryl methyl sites for hydroxylation is 1. The van der Waals surface area contributed by atoms with Crippen molar-refractivity contribution in [1.29, 1.82) is 0 Å². The Kier molecular flexibility index (Phi) is 26.9. The molecular formula is C69H66N14O4. The first-order valence-electron chi connectivity index (χ1n) is 27.0. The summed E-state index contributed by atoms with van der Waals surface area (Å²) in [5.41, 5.74) is 28.6. The number of carbonyl (C=O) groups is 4. The second kappa shape index (κ2) is 35.3. The first kappa shape index (κ1) is 66.1. The molecule has 2 aromatic heterocycles. The molecule has 7 aromatic carbocycles. The normalized spacial score (nSPS) is 11.3. The van der Waals surface area contributed by atoms with Gasteiger partial charge in [-0.2, -0.15) is 0 Å². The summed E-state index contributed by atoms with van der Waals surface area (Å²) in [6, 6.07) is 58.4. The van der Waals surface area contributed by atoms with Gasteiger partial charge in [0.1, 0.15) is 11.6 Å². The molecule has 0 fully saturated rings. The number of rotatable bonds is 17. The number of hydrogen-bond donors (Lipinski definition) is 0. The van der Waals surface area contributed by atoms with Crippen molar-refractivity contribution >= 4 is 51.6 Å². The molecule has 18 nitrogen and oxygen atoms in total. The van der Waals surface area contributed by atoms with Crippen molar-refractivity contribution < 1.29 is 19.2 Å². The molecule has 87 heavy (non-hydrogen) atoms. The average Bonchev–Trinajstić information content (AvgIpc) is 2.21. The lowest BCUT2D eigenvalue weighted by molar-refractivity contribution is -0.119. The number of terminal acetylenes is 2. The number of hydrogen-bond acceptors (Lipinski definition) is 12. The Hall–Kier alpha value is -11.7. The zero-order valence-corrected chi connectivity index (χ0v) is 48.0. The number of azide groups is 2. The summed E-state index contributed by atoms with van der Waals surface area (Å²) >= 11 is 0. The molecule has 0 radical (unpaired) electrons. The Bertz CT molecular complexity index is 3690. The van der Waals surface area contributed by atoms with Crippen LogP contribution in [0, 0.1) is 37.5 Å². The highest BCUT2D eigenvalue weighted by atomic mass is 16.1. The van der Waals surface area contributed by atoms with Crippen LogP contribution in [-0.2, 0) is 35.8 Å². The molecule has 1 aliphatic carbocycles. The Balaban J connectivity index is 0.000000211. The number of ketones is 4. The molecular weight excluding hydrogens is 1090 g/mol. The van der Waals surface area contributed by atoms with Crippen molar-refractivity contribution in [2.45, 2.75) is 67.7 Å². The van der Waals surface area contributed by atoms with Crippen LogP contribution in [0.3, 0.4) is 0 Å². The second-order valence-electron chi connectivity index (χ2n) is 19.2. The molecule has 0 aliphatic heterocycles. The molecule has 0 saturated carbocycles. The smallest absolute Gasteiger partial charge is 0.235 e. The third kappa shape index (κ3) is 21.5. The summed E-state index contributed by atoms with van der Waals surface area (Å²) in [6.07, 6.45) is 24.4. The molecule has 9 aromatic rings. The first-order valence-corrected chi connectivity index (χ1v) is 27.0. The van der Waals surface area contributed by atoms with E-state index in [-0.39, 0.29) is 36.5 Å². The first-order chi connectivity index (χ1) is 41.8. The Morgan fingerprint density at radius 2 is 0.920 bits per heavy atom. The Morgan fingerprint density at radius 3 is 1.26 bits per heavy atom. The van der Waals surface area contributed by atoms with Gasteiger partial charge in [0.2, 0.25) is 11.6 Å². The van der Waals surface area contributed by atoms with Crippen LogP contribution >= 0.6 is 0 Å². The van der Waals surface area contributed by atoms with E-state index in [4.69, 9.17) is 23.9 Å². The highest BCUT2D eigenvalue weighted by Crippen LogP contribution is 2.35. The van der Waals surface area contributed by atoms with Gasteiger partial charge in [0.25, 0.3) is 0 Å². The SMILES string of the molecule is C.C#CC(=O)c1ccc(N(c2ccccc2)c2ccc(C(=O)C#C)cc2)cc1.CC(=O)C1C=CC(N(c2ccccc2)c2ccc(C)cc2)=CC1.CC(C)=O.[N-]=[N+]=NCc1ccc(CN=[N+]=[N-])cc1.c1cn(Cc2ccc(Cn3ccnn3)cc2)nn1. The Labute approximate surface area is 507 Å². The van der Waals surface area contributed by atoms with Gasteiger partial charge in [-0.25, -0.2) is 9.36 Å². The van der Waals surface area contributed by atoms with Crippen LogP contribution in [0.5, 0.6) is 0 Å². The van der Waals surface area contributed by atoms with Crippen LogP contribution in [0.4, 0.5) is 28.4 Å². The molecule has 10 rings (SSSR count). The van der Waals surface area contributed by atoms with E-state index in [1.54, 1.807) is 52.9 Å². The fourth-order valence-corrected chi connectivity index (χ4v) is 8.24. The molecule has 436 valence electrons. The maximum Gasteiger partial charge on any atom is 0.235 e. The molecule has 0 spiro atoms. The van der Waals surface area contributed by atoms with Gasteiger partial charge in [0.05, 0.1) is 38.6 Å². The lowest BCUT2D eigenvalue weighted by atomic mass is 9.95. The zero-order valence-electron chi connectivity index (χ0n) is 48.0. The third-order valence-electron chi connectivity index (χ3n) is 12.5. The van der Waals surface area contributed by atoms with E-state index in [2.05, 4.69) is 137 Å². The van der Waals surface area contributed by atoms with Gasteiger partial charge in [0.15, 0.2) is 0 Å². The number of aromatic nitrogens is 6. The van der Waals surface area contributed by atoms with Crippen molar-refractivity contribution in [2.24, 2.45) is 16.1 Å². The van der Waals surface area contributed by atoms with Gasteiger partial charge in [-0.05, 0) is 170 Å². The van der Waals surface area contributed by atoms with Crippen molar-refractivity contribution in [3.8, 4) is 24.7 Å². The molecule has 1 aliphatic rings. The highest BCUT2D eigenvalue weighted by molar-refractivity contribution is 6.09. The monoisotopic (exact) mass is 1150 g/mol. The highest BCUT2D eigenvalue weighted by Gasteiger charge is 2.19. The predicted molar refractivity (Wildman–Crippen MR) is 343 cm³/mol. The van der Waals surface area contributed by atoms with E-state index in [9.17, 15) is 19.2 Å². The molecule has 0 amide bonds. The van der Waals surface area contributed by atoms with Crippen molar-refractivity contribution in [1.82, 2.24) is 30.0 Å². The lowest BCUT2D eigenvalue weighted by Crippen LogP contribution is -2.19. The van der Waals surface area contributed by atoms with Crippen LogP contribution < -0.4 is 9.80 Å². The van der Waals surface area contributed by atoms with Gasteiger partial charge in [-0.1, -0.05) is 143 Å². The van der Waals surface area contributed by atoms with Gasteiger partial charge >= 0.3 is 0 Å². The number of benzene rings is 7. The summed E-state index contributed by atoms with van der Waals surface area (Å²) in [4.78, 5) is 53.9. The summed E-state index contributed by atoms with van der Waals surface area (Å²) in [5.74, 6) is 3.91. The number of anilines is 5. The van der Waals surface area contributed by atoms with E-state index in [1.807, 2.05) is 120 Å². The van der Waals surface area contributed by atoms with Crippen LogP contribution in [0.25, 0.3) is 20.9 Å². The van der Waals surface area contributed by atoms with E-state index >= 15 is 0 Å². The largest absolute Gasteiger partial charge is 0.311 e. The summed E-state index contributed by atoms with van der Waals surface area (Å²) in [6.45, 7) is 8.97. The Morgan fingerprint density at radius 1 is 0.552 bits per heavy atom. The molecule has 0 saturated heterocycles. The number of carbonyl (C=O) groups excluding carboxylic acids is 4. The van der Waals surface area contributed by atoms with Crippen molar-refractivity contribution in [3.05, 3.63) is 291 Å². The van der Waals surface area contributed by atoms with E-state index in [0.29, 0.717) is 24.2 Å². The third-order valence-corrected chi connectivity index (χ3v) is 12.5. The molecule has 0 N–H and O–H groups in total. The topological polar surface area (TPSA) is 234 Å². The maximum atomic E-state index is 11.7. The number of allylic oxidation sites excluding steroid dienone is 3. The standard InChI is InChI=1S/C24H15NO2.C21H21NO.C12H12N6.C8H8N6.C3H6O.CH4/c1-3-23(26)18-10-14-21(15-11-18)25(20-8-6-5-7-9-20)22-16-12-19(13-17-22)24(27)4-2;1-16-8-12-20(13-9-16)22(19-6-4-3-5-7-19)21-14-10-18(11-15-21)17(2)23;1-2-12(10-18-8-6-14-16-18)4-3-11(1)9-17-7-5-13-15-17;9-13-11-5-7-1-2-8(4-3-7)6-12-14-10;1-3(2)4;/h1-2,5-17H;3-10,12-15,18H,11H2,1-2H3;1-8H,9-10H2;1-4H,5-6H2;1-2H3;1H4. The molecule has 1 unspecified atom stereocenters. The van der Waals surface area contributed by atoms with Crippen LogP contribution in [-0.4, -0.2) is 53.1 Å². The molecule has 18 heteroatoms. The number of nitrogens with zero attached hydrogens (tertiary/aromatic N) is 14. The molecule has 1 atom stereocenters.